The molecule has 3 heterocycles. The van der Waals surface area contributed by atoms with Gasteiger partial charge < -0.3 is 19.5 Å². The lowest BCUT2D eigenvalue weighted by atomic mass is 9.68. The van der Waals surface area contributed by atoms with E-state index in [1.807, 2.05) is 36.5 Å². The van der Waals surface area contributed by atoms with Crippen LogP contribution in [0, 0.1) is 11.3 Å². The Morgan fingerprint density at radius 3 is 2.65 bits per heavy atom. The van der Waals surface area contributed by atoms with Crippen LogP contribution in [0.4, 0.5) is 0 Å². The van der Waals surface area contributed by atoms with Crippen molar-refractivity contribution in [3.05, 3.63) is 47.8 Å². The molecule has 10 nitrogen and oxygen atoms in total. The number of para-hydroxylation sites is 1. The Morgan fingerprint density at radius 2 is 1.89 bits per heavy atom. The van der Waals surface area contributed by atoms with E-state index in [-0.39, 0.29) is 25.4 Å². The van der Waals surface area contributed by atoms with Crippen LogP contribution in [0.3, 0.4) is 0 Å². The van der Waals surface area contributed by atoms with Gasteiger partial charge in [-0.2, -0.15) is 0 Å². The van der Waals surface area contributed by atoms with Crippen molar-refractivity contribution in [3.63, 3.8) is 0 Å². The van der Waals surface area contributed by atoms with E-state index in [1.54, 1.807) is 11.8 Å². The molecular weight excluding hydrogens is 478 g/mol. The molecule has 0 radical (unpaired) electrons. The normalized spacial score (nSPS) is 23.4. The number of nitrogens with one attached hydrogen (secondary N) is 1. The molecule has 5 rings (SSSR count). The van der Waals surface area contributed by atoms with E-state index in [0.29, 0.717) is 43.0 Å². The van der Waals surface area contributed by atoms with Gasteiger partial charge in [0, 0.05) is 42.2 Å². The largest absolute Gasteiger partial charge is 0.465 e. The molecule has 3 aliphatic rings. The molecule has 1 aromatic heterocycles. The fraction of sp³-hybridized carbons (Fsp3) is 0.444. The maximum Gasteiger partial charge on any atom is 0.334 e. The van der Waals surface area contributed by atoms with Gasteiger partial charge in [-0.15, -0.1) is 5.06 Å². The van der Waals surface area contributed by atoms with Crippen LogP contribution in [0.1, 0.15) is 51.0 Å². The Balaban J connectivity index is 1.43. The summed E-state index contributed by atoms with van der Waals surface area (Å²) in [7, 11) is 0. The maximum atomic E-state index is 13.8. The number of esters is 1. The first-order valence-corrected chi connectivity index (χ1v) is 12.7. The average Bonchev–Trinajstić information content (AvgIpc) is 3.52. The predicted octanol–water partition coefficient (Wildman–Crippen LogP) is 2.78. The van der Waals surface area contributed by atoms with Gasteiger partial charge in [0.25, 0.3) is 11.8 Å². The van der Waals surface area contributed by atoms with Crippen molar-refractivity contribution >= 4 is 40.6 Å². The second-order valence-electron chi connectivity index (χ2n) is 9.57. The van der Waals surface area contributed by atoms with Crippen LogP contribution in [0.5, 0.6) is 0 Å². The van der Waals surface area contributed by atoms with Crippen LogP contribution in [0.15, 0.2) is 42.2 Å². The van der Waals surface area contributed by atoms with Crippen LogP contribution in [-0.4, -0.2) is 57.8 Å². The number of aromatic amines is 1. The number of allylic oxidation sites excluding steroid dienone is 1. The molecule has 2 aromatic rings. The summed E-state index contributed by atoms with van der Waals surface area (Å²) in [6.45, 7) is 2.15. The van der Waals surface area contributed by atoms with Crippen molar-refractivity contribution in [2.45, 2.75) is 51.9 Å². The van der Waals surface area contributed by atoms with E-state index < -0.39 is 41.5 Å². The van der Waals surface area contributed by atoms with Crippen molar-refractivity contribution in [2.75, 3.05) is 13.2 Å². The van der Waals surface area contributed by atoms with Crippen LogP contribution >= 0.6 is 0 Å². The quantitative estimate of drug-likeness (QED) is 0.430. The lowest BCUT2D eigenvalue weighted by Gasteiger charge is -2.35. The van der Waals surface area contributed by atoms with Gasteiger partial charge in [0.1, 0.15) is 5.41 Å². The zero-order valence-corrected chi connectivity index (χ0v) is 20.7. The smallest absolute Gasteiger partial charge is 0.334 e. The van der Waals surface area contributed by atoms with E-state index in [2.05, 4.69) is 4.98 Å². The molecule has 0 saturated carbocycles. The minimum absolute atomic E-state index is 0.0320. The third-order valence-corrected chi connectivity index (χ3v) is 7.51. The number of hydrogen-bond donors (Lipinski definition) is 1. The van der Waals surface area contributed by atoms with E-state index >= 15 is 0 Å². The highest BCUT2D eigenvalue weighted by Gasteiger charge is 2.62. The van der Waals surface area contributed by atoms with Crippen molar-refractivity contribution in [1.82, 2.24) is 14.9 Å². The van der Waals surface area contributed by atoms with Crippen LogP contribution in [-0.2, 0) is 40.0 Å². The van der Waals surface area contributed by atoms with Crippen molar-refractivity contribution in [2.24, 2.45) is 11.3 Å². The number of benzene rings is 1. The molecule has 0 unspecified atom stereocenters. The summed E-state index contributed by atoms with van der Waals surface area (Å²) in [5.74, 6) is -4.08. The number of rotatable bonds is 8. The molecule has 37 heavy (non-hydrogen) atoms. The number of carbonyl (C=O) groups is 5. The number of likely N-dealkylation sites (tertiary alicyclic amines) is 1. The molecule has 194 valence electrons. The number of fused-ring (bicyclic) bond motifs is 2. The number of H-pyrrole nitrogens is 1. The molecule has 2 aliphatic heterocycles. The number of imide groups is 1. The van der Waals surface area contributed by atoms with Gasteiger partial charge in [-0.3, -0.25) is 19.2 Å². The lowest BCUT2D eigenvalue weighted by molar-refractivity contribution is -0.199. The second kappa shape index (κ2) is 9.84. The van der Waals surface area contributed by atoms with Crippen LogP contribution in [0.25, 0.3) is 10.9 Å². The molecule has 1 N–H and O–H groups in total. The summed E-state index contributed by atoms with van der Waals surface area (Å²) in [4.78, 5) is 73.8. The number of nitrogens with zero attached hydrogens (tertiary/aromatic N) is 2. The number of amides is 3. The molecule has 1 aromatic carbocycles. The van der Waals surface area contributed by atoms with Crippen LogP contribution in [0.2, 0.25) is 0 Å². The van der Waals surface area contributed by atoms with Gasteiger partial charge in [-0.1, -0.05) is 24.3 Å². The Bertz CT molecular complexity index is 1300. The SMILES string of the molecule is CCOC(=O)[C@@]12CCCC=C1N(CCc1c[nH]c3ccccc13)C(=O)[C@H]2CC(=O)ON1C(=O)CCC1=O. The number of ether oxygens (including phenoxy) is 1. The van der Waals surface area contributed by atoms with Gasteiger partial charge in [-0.25, -0.2) is 4.79 Å². The number of aromatic nitrogens is 1. The first-order valence-electron chi connectivity index (χ1n) is 12.7. The minimum atomic E-state index is -1.32. The molecule has 2 atom stereocenters. The van der Waals surface area contributed by atoms with Gasteiger partial charge >= 0.3 is 11.9 Å². The van der Waals surface area contributed by atoms with Crippen molar-refractivity contribution < 1.29 is 33.5 Å². The monoisotopic (exact) mass is 507 g/mol. The molecule has 2 saturated heterocycles. The summed E-state index contributed by atoms with van der Waals surface area (Å²) >= 11 is 0. The topological polar surface area (TPSA) is 126 Å². The number of hydroxylamine groups is 2. The highest BCUT2D eigenvalue weighted by molar-refractivity contribution is 6.02. The summed E-state index contributed by atoms with van der Waals surface area (Å²) in [5.41, 5.74) is 1.28. The standard InChI is InChI=1S/C27H29N3O7/c1-2-36-26(35)27-13-6-5-9-21(27)29(14-12-17-16-28-20-8-4-3-7-18(17)20)25(34)19(27)15-24(33)37-30-22(31)10-11-23(30)32/h3-4,7-9,16,19,28H,2,5-6,10-15H2,1H3/t19-,27-/m1/s1. The lowest BCUT2D eigenvalue weighted by Crippen LogP contribution is -2.42. The molecular formula is C27H29N3O7. The van der Waals surface area contributed by atoms with Crippen LogP contribution < -0.4 is 0 Å². The van der Waals surface area contributed by atoms with Gasteiger partial charge in [0.2, 0.25) is 5.91 Å². The maximum absolute atomic E-state index is 13.8. The zero-order chi connectivity index (χ0) is 26.2. The summed E-state index contributed by atoms with van der Waals surface area (Å²) in [5, 5.41) is 1.52. The predicted molar refractivity (Wildman–Crippen MR) is 130 cm³/mol. The third kappa shape index (κ3) is 4.20. The van der Waals surface area contributed by atoms with E-state index in [9.17, 15) is 24.0 Å². The zero-order valence-electron chi connectivity index (χ0n) is 20.7. The fourth-order valence-corrected chi connectivity index (χ4v) is 5.79. The molecule has 0 bridgehead atoms. The Labute approximate surface area is 213 Å². The first-order chi connectivity index (χ1) is 17.9. The van der Waals surface area contributed by atoms with Gasteiger partial charge in [0.05, 0.1) is 18.9 Å². The Morgan fingerprint density at radius 1 is 1.14 bits per heavy atom. The van der Waals surface area contributed by atoms with Gasteiger partial charge in [0.15, 0.2) is 0 Å². The molecule has 0 spiro atoms. The number of hydrogen-bond acceptors (Lipinski definition) is 7. The molecule has 3 amide bonds. The highest BCUT2D eigenvalue weighted by Crippen LogP contribution is 2.53. The fourth-order valence-electron chi connectivity index (χ4n) is 5.79. The average molecular weight is 508 g/mol. The molecule has 2 fully saturated rings. The summed E-state index contributed by atoms with van der Waals surface area (Å²) in [6.07, 6.45) is 5.54. The third-order valence-electron chi connectivity index (χ3n) is 7.51. The van der Waals surface area contributed by atoms with Crippen molar-refractivity contribution in [1.29, 1.82) is 0 Å². The molecule has 1 aliphatic carbocycles. The Hall–Kier alpha value is -3.95. The second-order valence-corrected chi connectivity index (χ2v) is 9.57. The van der Waals surface area contributed by atoms with E-state index in [4.69, 9.17) is 9.57 Å². The van der Waals surface area contributed by atoms with Crippen molar-refractivity contribution in [3.8, 4) is 0 Å². The number of carbonyl (C=O) groups excluding carboxylic acids is 5. The summed E-state index contributed by atoms with van der Waals surface area (Å²) in [6, 6.07) is 7.88. The molecule has 10 heteroatoms. The first kappa shape index (κ1) is 24.7. The highest BCUT2D eigenvalue weighted by atomic mass is 16.7. The van der Waals surface area contributed by atoms with E-state index in [1.165, 1.54) is 0 Å². The van der Waals surface area contributed by atoms with E-state index in [0.717, 1.165) is 16.5 Å². The van der Waals surface area contributed by atoms with Gasteiger partial charge in [-0.05, 0) is 44.2 Å². The summed E-state index contributed by atoms with van der Waals surface area (Å²) < 4.78 is 5.44. The Kier molecular flexibility index (Phi) is 6.57. The minimum Gasteiger partial charge on any atom is -0.465 e.